The average Bonchev–Trinajstić information content (AvgIpc) is 2.75. The highest BCUT2D eigenvalue weighted by atomic mass is 127. The van der Waals surface area contributed by atoms with Crippen LogP contribution in [0, 0.1) is 19.7 Å². The predicted octanol–water partition coefficient (Wildman–Crippen LogP) is 2.66. The van der Waals surface area contributed by atoms with Crippen LogP contribution in [0.5, 0.6) is 0 Å². The van der Waals surface area contributed by atoms with Gasteiger partial charge in [0.1, 0.15) is 5.82 Å². The molecule has 2 aromatic rings. The number of aromatic nitrogens is 2. The first kappa shape index (κ1) is 19.4. The van der Waals surface area contributed by atoms with Gasteiger partial charge in [0.25, 0.3) is 0 Å². The van der Waals surface area contributed by atoms with Gasteiger partial charge in [-0.25, -0.2) is 4.39 Å². The summed E-state index contributed by atoms with van der Waals surface area (Å²) >= 11 is 0. The number of aryl methyl sites for hydroxylation is 2. The molecule has 1 aromatic heterocycles. The fraction of sp³-hybridized carbons (Fsp3) is 0.375. The molecule has 0 bridgehead atoms. The Morgan fingerprint density at radius 2 is 1.78 bits per heavy atom. The van der Waals surface area contributed by atoms with Gasteiger partial charge in [0.2, 0.25) is 0 Å². The summed E-state index contributed by atoms with van der Waals surface area (Å²) in [6.45, 7) is 5.30. The standard InChI is InChI=1S/C16H22FN5.HI/c1-11-15(12(2)22(4)21-11)10-20-16(18-3)19-9-13-5-7-14(17)8-6-13;/h5-8H,9-10H2,1-4H3,(H2,18,19,20);1H. The maximum atomic E-state index is 12.9. The van der Waals surface area contributed by atoms with Gasteiger partial charge in [-0.1, -0.05) is 12.1 Å². The molecule has 0 saturated heterocycles. The molecule has 0 amide bonds. The molecule has 2 rings (SSSR count). The first-order valence-electron chi connectivity index (χ1n) is 7.19. The molecule has 0 saturated carbocycles. The lowest BCUT2D eigenvalue weighted by atomic mass is 10.2. The maximum absolute atomic E-state index is 12.9. The van der Waals surface area contributed by atoms with Crippen LogP contribution in [0.2, 0.25) is 0 Å². The third-order valence-electron chi connectivity index (χ3n) is 3.69. The van der Waals surface area contributed by atoms with Crippen molar-refractivity contribution >= 4 is 29.9 Å². The predicted molar refractivity (Wildman–Crippen MR) is 102 cm³/mol. The van der Waals surface area contributed by atoms with Crippen LogP contribution in [0.1, 0.15) is 22.5 Å². The van der Waals surface area contributed by atoms with E-state index >= 15 is 0 Å². The first-order valence-corrected chi connectivity index (χ1v) is 7.19. The van der Waals surface area contributed by atoms with Gasteiger partial charge in [0.05, 0.1) is 5.69 Å². The molecule has 23 heavy (non-hydrogen) atoms. The van der Waals surface area contributed by atoms with Crippen molar-refractivity contribution in [2.45, 2.75) is 26.9 Å². The van der Waals surface area contributed by atoms with Crippen molar-refractivity contribution in [2.75, 3.05) is 7.05 Å². The van der Waals surface area contributed by atoms with Gasteiger partial charge in [-0.05, 0) is 31.5 Å². The average molecular weight is 431 g/mol. The van der Waals surface area contributed by atoms with Crippen LogP contribution in [0.4, 0.5) is 4.39 Å². The van der Waals surface area contributed by atoms with Crippen molar-refractivity contribution in [3.63, 3.8) is 0 Å². The van der Waals surface area contributed by atoms with E-state index in [1.54, 1.807) is 19.2 Å². The molecule has 0 fully saturated rings. The zero-order valence-corrected chi connectivity index (χ0v) is 16.2. The number of nitrogens with zero attached hydrogens (tertiary/aromatic N) is 3. The SMILES string of the molecule is CN=C(NCc1ccc(F)cc1)NCc1c(C)nn(C)c1C.I. The Kier molecular flexibility index (Phi) is 7.47. The normalized spacial score (nSPS) is 11.1. The summed E-state index contributed by atoms with van der Waals surface area (Å²) < 4.78 is 14.7. The summed E-state index contributed by atoms with van der Waals surface area (Å²) in [5, 5.41) is 10.9. The van der Waals surface area contributed by atoms with Crippen LogP contribution >= 0.6 is 24.0 Å². The van der Waals surface area contributed by atoms with E-state index in [4.69, 9.17) is 0 Å². The van der Waals surface area contributed by atoms with Crippen molar-refractivity contribution in [3.05, 3.63) is 52.6 Å². The minimum Gasteiger partial charge on any atom is -0.352 e. The Morgan fingerprint density at radius 3 is 2.30 bits per heavy atom. The molecule has 0 atom stereocenters. The fourth-order valence-electron chi connectivity index (χ4n) is 2.25. The summed E-state index contributed by atoms with van der Waals surface area (Å²) in [5.74, 6) is 0.473. The molecule has 126 valence electrons. The largest absolute Gasteiger partial charge is 0.352 e. The lowest BCUT2D eigenvalue weighted by molar-refractivity contribution is 0.626. The molecular formula is C16H23FIN5. The van der Waals surface area contributed by atoms with Gasteiger partial charge in [0.15, 0.2) is 5.96 Å². The number of nitrogens with one attached hydrogen (secondary N) is 2. The van der Waals surface area contributed by atoms with Crippen LogP contribution in [-0.4, -0.2) is 22.8 Å². The van der Waals surface area contributed by atoms with E-state index in [9.17, 15) is 4.39 Å². The van der Waals surface area contributed by atoms with E-state index in [0.29, 0.717) is 19.0 Å². The summed E-state index contributed by atoms with van der Waals surface area (Å²) in [6.07, 6.45) is 0. The molecule has 0 aliphatic carbocycles. The zero-order chi connectivity index (χ0) is 16.1. The monoisotopic (exact) mass is 431 g/mol. The van der Waals surface area contributed by atoms with Gasteiger partial charge >= 0.3 is 0 Å². The summed E-state index contributed by atoms with van der Waals surface area (Å²) in [5.41, 5.74) is 4.32. The van der Waals surface area contributed by atoms with Crippen LogP contribution in [-0.2, 0) is 20.1 Å². The smallest absolute Gasteiger partial charge is 0.191 e. The Balaban J connectivity index is 0.00000264. The van der Waals surface area contributed by atoms with E-state index in [0.717, 1.165) is 17.0 Å². The van der Waals surface area contributed by atoms with E-state index in [2.05, 4.69) is 20.7 Å². The third-order valence-corrected chi connectivity index (χ3v) is 3.69. The van der Waals surface area contributed by atoms with Crippen molar-refractivity contribution in [3.8, 4) is 0 Å². The van der Waals surface area contributed by atoms with Gasteiger partial charge < -0.3 is 10.6 Å². The number of rotatable bonds is 4. The van der Waals surface area contributed by atoms with Gasteiger partial charge in [-0.15, -0.1) is 24.0 Å². The fourth-order valence-corrected chi connectivity index (χ4v) is 2.25. The molecule has 1 heterocycles. The van der Waals surface area contributed by atoms with Crippen LogP contribution in [0.3, 0.4) is 0 Å². The molecule has 2 N–H and O–H groups in total. The highest BCUT2D eigenvalue weighted by Gasteiger charge is 2.09. The molecule has 5 nitrogen and oxygen atoms in total. The lowest BCUT2D eigenvalue weighted by Crippen LogP contribution is -2.36. The van der Waals surface area contributed by atoms with Crippen molar-refractivity contribution in [1.29, 1.82) is 0 Å². The first-order chi connectivity index (χ1) is 10.5. The summed E-state index contributed by atoms with van der Waals surface area (Å²) in [7, 11) is 3.66. The van der Waals surface area contributed by atoms with Gasteiger partial charge in [-0.3, -0.25) is 9.67 Å². The number of halogens is 2. The second-order valence-electron chi connectivity index (χ2n) is 5.18. The number of hydrogen-bond donors (Lipinski definition) is 2. The van der Waals surface area contributed by atoms with E-state index in [1.165, 1.54) is 17.7 Å². The molecular weight excluding hydrogens is 408 g/mol. The lowest BCUT2D eigenvalue weighted by Gasteiger charge is -2.12. The highest BCUT2D eigenvalue weighted by molar-refractivity contribution is 14.0. The Bertz CT molecular complexity index is 664. The second-order valence-corrected chi connectivity index (χ2v) is 5.18. The van der Waals surface area contributed by atoms with Crippen molar-refractivity contribution in [1.82, 2.24) is 20.4 Å². The topological polar surface area (TPSA) is 54.2 Å². The van der Waals surface area contributed by atoms with E-state index in [-0.39, 0.29) is 29.8 Å². The number of benzene rings is 1. The van der Waals surface area contributed by atoms with Crippen molar-refractivity contribution in [2.24, 2.45) is 12.0 Å². The third kappa shape index (κ3) is 5.19. The minimum absolute atomic E-state index is 0. The summed E-state index contributed by atoms with van der Waals surface area (Å²) in [6, 6.07) is 6.42. The molecule has 0 spiro atoms. The Labute approximate surface area is 153 Å². The van der Waals surface area contributed by atoms with E-state index in [1.807, 2.05) is 25.6 Å². The second kappa shape index (κ2) is 8.85. The van der Waals surface area contributed by atoms with Crippen LogP contribution in [0.15, 0.2) is 29.3 Å². The van der Waals surface area contributed by atoms with Crippen LogP contribution < -0.4 is 10.6 Å². The van der Waals surface area contributed by atoms with E-state index < -0.39 is 0 Å². The quantitative estimate of drug-likeness (QED) is 0.445. The summed E-state index contributed by atoms with van der Waals surface area (Å²) in [4.78, 5) is 4.20. The molecule has 1 aromatic carbocycles. The maximum Gasteiger partial charge on any atom is 0.191 e. The molecule has 0 aliphatic heterocycles. The molecule has 0 unspecified atom stereocenters. The highest BCUT2D eigenvalue weighted by Crippen LogP contribution is 2.11. The Morgan fingerprint density at radius 1 is 1.17 bits per heavy atom. The van der Waals surface area contributed by atoms with Gasteiger partial charge in [0, 0.05) is 38.4 Å². The molecule has 0 aliphatic rings. The van der Waals surface area contributed by atoms with Gasteiger partial charge in [-0.2, -0.15) is 5.10 Å². The molecule has 7 heteroatoms. The van der Waals surface area contributed by atoms with Crippen LogP contribution in [0.25, 0.3) is 0 Å². The number of aliphatic imine (C=N–C) groups is 1. The molecule has 0 radical (unpaired) electrons. The minimum atomic E-state index is -0.228. The number of guanidine groups is 1. The Hall–Kier alpha value is -1.64. The van der Waals surface area contributed by atoms with Crippen molar-refractivity contribution < 1.29 is 4.39 Å². The number of hydrogen-bond acceptors (Lipinski definition) is 2. The zero-order valence-electron chi connectivity index (χ0n) is 13.9.